The molecule has 2 rings (SSSR count). The van der Waals surface area contributed by atoms with E-state index in [4.69, 9.17) is 0 Å². The summed E-state index contributed by atoms with van der Waals surface area (Å²) < 4.78 is 1.64. The lowest BCUT2D eigenvalue weighted by Crippen LogP contribution is -2.28. The third-order valence-corrected chi connectivity index (χ3v) is 3.46. The molecule has 96 valence electrons. The number of aromatic nitrogens is 2. The van der Waals surface area contributed by atoms with Crippen molar-refractivity contribution in [2.45, 2.75) is 20.4 Å². The van der Waals surface area contributed by atoms with Crippen molar-refractivity contribution in [3.63, 3.8) is 0 Å². The zero-order valence-corrected chi connectivity index (χ0v) is 11.5. The van der Waals surface area contributed by atoms with Crippen LogP contribution in [0, 0.1) is 13.8 Å². The van der Waals surface area contributed by atoms with Crippen molar-refractivity contribution < 1.29 is 4.79 Å². The standard InChI is InChI=1S/C12H16N4OS/c1-8-6-11(16(3)15-8)14-12(17)13-7-10-5-4-9(2)18-10/h4-6H,7H2,1-3H3,(H2,13,14,17). The number of amides is 2. The summed E-state index contributed by atoms with van der Waals surface area (Å²) in [5.74, 6) is 0.687. The largest absolute Gasteiger partial charge is 0.333 e. The Bertz CT molecular complexity index is 558. The smallest absolute Gasteiger partial charge is 0.320 e. The molecule has 0 radical (unpaired) electrons. The minimum Gasteiger partial charge on any atom is -0.333 e. The maximum atomic E-state index is 11.7. The molecule has 0 aliphatic heterocycles. The van der Waals surface area contributed by atoms with Crippen LogP contribution in [0.5, 0.6) is 0 Å². The second-order valence-corrected chi connectivity index (χ2v) is 5.49. The maximum Gasteiger partial charge on any atom is 0.320 e. The van der Waals surface area contributed by atoms with Crippen LogP contribution < -0.4 is 10.6 Å². The molecule has 0 atom stereocenters. The molecule has 0 aromatic carbocycles. The zero-order chi connectivity index (χ0) is 13.1. The van der Waals surface area contributed by atoms with Crippen LogP contribution in [0.2, 0.25) is 0 Å². The van der Waals surface area contributed by atoms with Crippen LogP contribution in [-0.2, 0) is 13.6 Å². The molecule has 6 heteroatoms. The number of carbonyl (C=O) groups is 1. The van der Waals surface area contributed by atoms with Gasteiger partial charge in [-0.3, -0.25) is 10.00 Å². The fraction of sp³-hybridized carbons (Fsp3) is 0.333. The van der Waals surface area contributed by atoms with E-state index in [0.29, 0.717) is 12.4 Å². The number of thiophene rings is 1. The third-order valence-electron chi connectivity index (χ3n) is 2.46. The monoisotopic (exact) mass is 264 g/mol. The number of urea groups is 1. The minimum atomic E-state index is -0.218. The number of hydrogen-bond donors (Lipinski definition) is 2. The Labute approximate surface area is 110 Å². The highest BCUT2D eigenvalue weighted by molar-refractivity contribution is 7.11. The van der Waals surface area contributed by atoms with E-state index in [0.717, 1.165) is 10.6 Å². The third kappa shape index (κ3) is 3.10. The van der Waals surface area contributed by atoms with Gasteiger partial charge in [0.25, 0.3) is 0 Å². The first kappa shape index (κ1) is 12.6. The molecule has 18 heavy (non-hydrogen) atoms. The van der Waals surface area contributed by atoms with Crippen LogP contribution in [0.15, 0.2) is 18.2 Å². The molecular formula is C12H16N4OS. The average molecular weight is 264 g/mol. The van der Waals surface area contributed by atoms with Gasteiger partial charge >= 0.3 is 6.03 Å². The van der Waals surface area contributed by atoms with E-state index in [9.17, 15) is 4.79 Å². The topological polar surface area (TPSA) is 59.0 Å². The lowest BCUT2D eigenvalue weighted by atomic mass is 10.4. The van der Waals surface area contributed by atoms with E-state index in [1.165, 1.54) is 4.88 Å². The predicted octanol–water partition coefficient (Wildman–Crippen LogP) is 2.42. The number of anilines is 1. The summed E-state index contributed by atoms with van der Waals surface area (Å²) in [7, 11) is 1.80. The average Bonchev–Trinajstić information content (AvgIpc) is 2.83. The van der Waals surface area contributed by atoms with Gasteiger partial charge < -0.3 is 5.32 Å². The number of carbonyl (C=O) groups excluding carboxylic acids is 1. The number of nitrogens with one attached hydrogen (secondary N) is 2. The Morgan fingerprint density at radius 1 is 1.44 bits per heavy atom. The van der Waals surface area contributed by atoms with E-state index in [1.807, 2.05) is 32.0 Å². The van der Waals surface area contributed by atoms with E-state index in [1.54, 1.807) is 23.1 Å². The Balaban J connectivity index is 1.87. The van der Waals surface area contributed by atoms with Crippen molar-refractivity contribution in [3.05, 3.63) is 33.6 Å². The second kappa shape index (κ2) is 5.22. The van der Waals surface area contributed by atoms with Crippen LogP contribution >= 0.6 is 11.3 Å². The highest BCUT2D eigenvalue weighted by Crippen LogP contribution is 2.14. The van der Waals surface area contributed by atoms with Crippen LogP contribution in [0.25, 0.3) is 0 Å². The molecule has 0 fully saturated rings. The molecule has 0 spiro atoms. The van der Waals surface area contributed by atoms with Gasteiger partial charge in [0.15, 0.2) is 0 Å². The van der Waals surface area contributed by atoms with Crippen molar-refractivity contribution in [1.82, 2.24) is 15.1 Å². The van der Waals surface area contributed by atoms with Gasteiger partial charge in [0.05, 0.1) is 12.2 Å². The van der Waals surface area contributed by atoms with Crippen molar-refractivity contribution in [2.75, 3.05) is 5.32 Å². The Morgan fingerprint density at radius 3 is 2.78 bits per heavy atom. The van der Waals surface area contributed by atoms with Crippen LogP contribution in [0.4, 0.5) is 10.6 Å². The molecule has 2 heterocycles. The number of nitrogens with zero attached hydrogens (tertiary/aromatic N) is 2. The quantitative estimate of drug-likeness (QED) is 0.894. The van der Waals surface area contributed by atoms with Gasteiger partial charge in [0.2, 0.25) is 0 Å². The normalized spacial score (nSPS) is 10.4. The fourth-order valence-corrected chi connectivity index (χ4v) is 2.47. The predicted molar refractivity (Wildman–Crippen MR) is 72.9 cm³/mol. The van der Waals surface area contributed by atoms with Gasteiger partial charge in [-0.05, 0) is 26.0 Å². The summed E-state index contributed by atoms with van der Waals surface area (Å²) in [6, 6.07) is 5.68. The van der Waals surface area contributed by atoms with Gasteiger partial charge in [-0.25, -0.2) is 4.79 Å². The molecule has 0 aliphatic rings. The second-order valence-electron chi connectivity index (χ2n) is 4.11. The lowest BCUT2D eigenvalue weighted by molar-refractivity contribution is 0.251. The highest BCUT2D eigenvalue weighted by atomic mass is 32.1. The fourth-order valence-electron chi connectivity index (χ4n) is 1.64. The van der Waals surface area contributed by atoms with Gasteiger partial charge in [-0.1, -0.05) is 0 Å². The Morgan fingerprint density at radius 2 is 2.22 bits per heavy atom. The molecule has 0 unspecified atom stereocenters. The molecule has 5 nitrogen and oxygen atoms in total. The SMILES string of the molecule is Cc1cc(NC(=O)NCc2ccc(C)s2)n(C)n1. The van der Waals surface area contributed by atoms with Crippen LogP contribution in [0.1, 0.15) is 15.4 Å². The van der Waals surface area contributed by atoms with E-state index in [-0.39, 0.29) is 6.03 Å². The van der Waals surface area contributed by atoms with Gasteiger partial charge in [-0.15, -0.1) is 11.3 Å². The molecule has 2 amide bonds. The molecule has 2 aromatic heterocycles. The first-order valence-electron chi connectivity index (χ1n) is 5.65. The molecule has 2 aromatic rings. The molecular weight excluding hydrogens is 248 g/mol. The van der Waals surface area contributed by atoms with Crippen molar-refractivity contribution in [2.24, 2.45) is 7.05 Å². The van der Waals surface area contributed by atoms with Gasteiger partial charge in [0.1, 0.15) is 5.82 Å². The summed E-state index contributed by atoms with van der Waals surface area (Å²) >= 11 is 1.68. The minimum absolute atomic E-state index is 0.218. The van der Waals surface area contributed by atoms with Crippen molar-refractivity contribution in [1.29, 1.82) is 0 Å². The van der Waals surface area contributed by atoms with E-state index < -0.39 is 0 Å². The Kier molecular flexibility index (Phi) is 3.66. The molecule has 0 saturated carbocycles. The molecule has 0 bridgehead atoms. The number of hydrogen-bond acceptors (Lipinski definition) is 3. The number of rotatable bonds is 3. The molecule has 0 saturated heterocycles. The van der Waals surface area contributed by atoms with Crippen LogP contribution in [-0.4, -0.2) is 15.8 Å². The maximum absolute atomic E-state index is 11.7. The van der Waals surface area contributed by atoms with Gasteiger partial charge in [0, 0.05) is 22.9 Å². The summed E-state index contributed by atoms with van der Waals surface area (Å²) in [4.78, 5) is 14.1. The summed E-state index contributed by atoms with van der Waals surface area (Å²) in [6.07, 6.45) is 0. The van der Waals surface area contributed by atoms with E-state index in [2.05, 4.69) is 15.7 Å². The first-order valence-corrected chi connectivity index (χ1v) is 6.47. The summed E-state index contributed by atoms with van der Waals surface area (Å²) in [5, 5.41) is 9.74. The zero-order valence-electron chi connectivity index (χ0n) is 10.7. The highest BCUT2D eigenvalue weighted by Gasteiger charge is 2.06. The van der Waals surface area contributed by atoms with E-state index >= 15 is 0 Å². The summed E-state index contributed by atoms with van der Waals surface area (Å²) in [6.45, 7) is 4.48. The first-order chi connectivity index (χ1) is 8.54. The molecule has 0 aliphatic carbocycles. The number of aryl methyl sites for hydroxylation is 3. The van der Waals surface area contributed by atoms with Crippen molar-refractivity contribution in [3.8, 4) is 0 Å². The molecule has 2 N–H and O–H groups in total. The summed E-state index contributed by atoms with van der Waals surface area (Å²) in [5.41, 5.74) is 0.877. The Hall–Kier alpha value is -1.82. The van der Waals surface area contributed by atoms with Gasteiger partial charge in [-0.2, -0.15) is 5.10 Å². The van der Waals surface area contributed by atoms with Crippen molar-refractivity contribution >= 4 is 23.2 Å². The lowest BCUT2D eigenvalue weighted by Gasteiger charge is -2.06. The van der Waals surface area contributed by atoms with Crippen LogP contribution in [0.3, 0.4) is 0 Å².